The van der Waals surface area contributed by atoms with Crippen LogP contribution in [0.4, 0.5) is 0 Å². The molecule has 1 aromatic rings. The van der Waals surface area contributed by atoms with Crippen LogP contribution in [0.1, 0.15) is 11.8 Å². The second-order valence-corrected chi connectivity index (χ2v) is 4.28. The molecule has 78 valence electrons. The average Bonchev–Trinajstić information content (AvgIpc) is 2.61. The number of halogens is 1. The Hall–Kier alpha value is -1.31. The number of carbonyl (C=O) groups excluding carboxylic acids is 1. The van der Waals surface area contributed by atoms with Crippen LogP contribution in [0.25, 0.3) is 6.08 Å². The van der Waals surface area contributed by atoms with Crippen LogP contribution >= 0.6 is 22.9 Å². The highest BCUT2D eigenvalue weighted by Crippen LogP contribution is 2.23. The fraction of sp³-hybridized carbons (Fsp3) is 0.200. The van der Waals surface area contributed by atoms with Crippen LogP contribution in [-0.4, -0.2) is 12.6 Å². The number of thiophene rings is 1. The molecule has 0 amide bonds. The van der Waals surface area contributed by atoms with E-state index >= 15 is 0 Å². The van der Waals surface area contributed by atoms with Crippen LogP contribution < -0.4 is 0 Å². The number of rotatable bonds is 3. The third-order valence-corrected chi connectivity index (χ3v) is 2.67. The molecule has 0 bridgehead atoms. The molecular weight excluding hydrogens is 234 g/mol. The Morgan fingerprint density at radius 3 is 2.93 bits per heavy atom. The van der Waals surface area contributed by atoms with Gasteiger partial charge in [-0.25, -0.2) is 4.79 Å². The number of esters is 1. The molecule has 0 aliphatic carbocycles. The van der Waals surface area contributed by atoms with E-state index in [0.29, 0.717) is 4.34 Å². The molecule has 0 atom stereocenters. The molecule has 1 aromatic heterocycles. The van der Waals surface area contributed by atoms with Gasteiger partial charge in [-0.1, -0.05) is 11.6 Å². The number of nitriles is 1. The standard InChI is InChI=1S/C10H8ClNO2S/c1-2-14-10(13)7(6-12)5-8-3-4-9(11)15-8/h3-5H,2H2,1H3/b7-5-. The predicted octanol–water partition coefficient (Wildman–Crippen LogP) is 2.87. The van der Waals surface area contributed by atoms with Crippen LogP contribution in [0.2, 0.25) is 4.34 Å². The van der Waals surface area contributed by atoms with Crippen LogP contribution in [0.15, 0.2) is 17.7 Å². The van der Waals surface area contributed by atoms with E-state index in [1.807, 2.05) is 0 Å². The van der Waals surface area contributed by atoms with Gasteiger partial charge in [0.25, 0.3) is 0 Å². The number of carbonyl (C=O) groups is 1. The number of hydrogen-bond acceptors (Lipinski definition) is 4. The van der Waals surface area contributed by atoms with E-state index in [2.05, 4.69) is 0 Å². The van der Waals surface area contributed by atoms with Crippen molar-refractivity contribution in [3.05, 3.63) is 26.9 Å². The van der Waals surface area contributed by atoms with Crippen molar-refractivity contribution in [2.24, 2.45) is 0 Å². The van der Waals surface area contributed by atoms with E-state index in [-0.39, 0.29) is 12.2 Å². The summed E-state index contributed by atoms with van der Waals surface area (Å²) in [4.78, 5) is 12.0. The highest BCUT2D eigenvalue weighted by atomic mass is 35.5. The first-order valence-corrected chi connectivity index (χ1v) is 5.41. The third-order valence-electron chi connectivity index (χ3n) is 1.50. The molecule has 0 saturated carbocycles. The van der Waals surface area contributed by atoms with Crippen molar-refractivity contribution in [2.45, 2.75) is 6.92 Å². The molecule has 0 saturated heterocycles. The summed E-state index contributed by atoms with van der Waals surface area (Å²) in [6, 6.07) is 5.24. The van der Waals surface area contributed by atoms with Gasteiger partial charge in [0.05, 0.1) is 10.9 Å². The van der Waals surface area contributed by atoms with Crippen molar-refractivity contribution < 1.29 is 9.53 Å². The van der Waals surface area contributed by atoms with E-state index in [4.69, 9.17) is 21.6 Å². The summed E-state index contributed by atoms with van der Waals surface area (Å²) < 4.78 is 5.33. The molecule has 0 spiro atoms. The molecule has 15 heavy (non-hydrogen) atoms. The minimum Gasteiger partial charge on any atom is -0.462 e. The molecule has 0 unspecified atom stereocenters. The summed E-state index contributed by atoms with van der Waals surface area (Å²) in [6.07, 6.45) is 1.47. The van der Waals surface area contributed by atoms with Crippen LogP contribution in [0.5, 0.6) is 0 Å². The number of nitrogens with zero attached hydrogens (tertiary/aromatic N) is 1. The Morgan fingerprint density at radius 2 is 2.47 bits per heavy atom. The summed E-state index contributed by atoms with van der Waals surface area (Å²) in [6.45, 7) is 1.94. The van der Waals surface area contributed by atoms with E-state index in [9.17, 15) is 4.79 Å². The first-order valence-electron chi connectivity index (χ1n) is 4.21. The topological polar surface area (TPSA) is 50.1 Å². The number of ether oxygens (including phenoxy) is 1. The summed E-state index contributed by atoms with van der Waals surface area (Å²) in [5.74, 6) is -0.607. The first kappa shape index (κ1) is 11.8. The van der Waals surface area contributed by atoms with Gasteiger partial charge in [-0.05, 0) is 25.1 Å². The van der Waals surface area contributed by atoms with Gasteiger partial charge < -0.3 is 4.74 Å². The second-order valence-electron chi connectivity index (χ2n) is 2.53. The first-order chi connectivity index (χ1) is 7.17. The molecule has 3 nitrogen and oxygen atoms in total. The van der Waals surface area contributed by atoms with Gasteiger partial charge in [-0.3, -0.25) is 0 Å². The lowest BCUT2D eigenvalue weighted by Gasteiger charge is -1.97. The van der Waals surface area contributed by atoms with Gasteiger partial charge in [0.1, 0.15) is 11.6 Å². The summed E-state index contributed by atoms with van der Waals surface area (Å²) in [5.41, 5.74) is -0.0182. The van der Waals surface area contributed by atoms with Gasteiger partial charge >= 0.3 is 5.97 Å². The maximum absolute atomic E-state index is 11.2. The number of hydrogen-bond donors (Lipinski definition) is 0. The zero-order valence-corrected chi connectivity index (χ0v) is 9.56. The minimum atomic E-state index is -0.607. The van der Waals surface area contributed by atoms with Gasteiger partial charge in [0, 0.05) is 4.88 Å². The molecule has 0 N–H and O–H groups in total. The minimum absolute atomic E-state index is 0.0182. The van der Waals surface area contributed by atoms with Gasteiger partial charge in [-0.15, -0.1) is 11.3 Å². The highest BCUT2D eigenvalue weighted by molar-refractivity contribution is 7.17. The molecule has 0 aromatic carbocycles. The Kier molecular flexibility index (Phi) is 4.35. The fourth-order valence-electron chi connectivity index (χ4n) is 0.894. The predicted molar refractivity (Wildman–Crippen MR) is 59.6 cm³/mol. The van der Waals surface area contributed by atoms with Crippen LogP contribution in [0.3, 0.4) is 0 Å². The Labute approximate surface area is 96.5 Å². The van der Waals surface area contributed by atoms with Crippen molar-refractivity contribution in [2.75, 3.05) is 6.61 Å². The third kappa shape index (κ3) is 3.39. The van der Waals surface area contributed by atoms with E-state index in [1.54, 1.807) is 25.1 Å². The second kappa shape index (κ2) is 5.54. The molecule has 1 rings (SSSR count). The van der Waals surface area contributed by atoms with Crippen molar-refractivity contribution >= 4 is 35.0 Å². The maximum Gasteiger partial charge on any atom is 0.348 e. The van der Waals surface area contributed by atoms with E-state index in [0.717, 1.165) is 4.88 Å². The zero-order valence-electron chi connectivity index (χ0n) is 7.99. The zero-order chi connectivity index (χ0) is 11.3. The SMILES string of the molecule is CCOC(=O)/C(C#N)=C\c1ccc(Cl)s1. The van der Waals surface area contributed by atoms with E-state index in [1.165, 1.54) is 17.4 Å². The molecule has 0 aliphatic rings. The van der Waals surface area contributed by atoms with Crippen molar-refractivity contribution in [3.63, 3.8) is 0 Å². The maximum atomic E-state index is 11.2. The molecule has 0 aliphatic heterocycles. The average molecular weight is 242 g/mol. The fourth-order valence-corrected chi connectivity index (χ4v) is 1.90. The van der Waals surface area contributed by atoms with Gasteiger partial charge in [-0.2, -0.15) is 5.26 Å². The van der Waals surface area contributed by atoms with Gasteiger partial charge in [0.2, 0.25) is 0 Å². The van der Waals surface area contributed by atoms with Crippen molar-refractivity contribution in [1.82, 2.24) is 0 Å². The summed E-state index contributed by atoms with van der Waals surface area (Å²) >= 11 is 7.02. The van der Waals surface area contributed by atoms with Crippen LogP contribution in [0, 0.1) is 11.3 Å². The molecule has 0 radical (unpaired) electrons. The quantitative estimate of drug-likeness (QED) is 0.465. The summed E-state index contributed by atoms with van der Waals surface area (Å²) in [7, 11) is 0. The van der Waals surface area contributed by atoms with Crippen molar-refractivity contribution in [3.8, 4) is 6.07 Å². The van der Waals surface area contributed by atoms with E-state index < -0.39 is 5.97 Å². The monoisotopic (exact) mass is 241 g/mol. The molecule has 5 heteroatoms. The lowest BCUT2D eigenvalue weighted by Crippen LogP contribution is -2.05. The Morgan fingerprint density at radius 1 is 1.73 bits per heavy atom. The highest BCUT2D eigenvalue weighted by Gasteiger charge is 2.09. The van der Waals surface area contributed by atoms with Gasteiger partial charge in [0.15, 0.2) is 0 Å². The smallest absolute Gasteiger partial charge is 0.348 e. The molecule has 1 heterocycles. The normalized spacial score (nSPS) is 10.9. The molecular formula is C10H8ClNO2S. The van der Waals surface area contributed by atoms with Crippen LogP contribution in [-0.2, 0) is 9.53 Å². The molecule has 0 fully saturated rings. The van der Waals surface area contributed by atoms with Crippen molar-refractivity contribution in [1.29, 1.82) is 5.26 Å². The largest absolute Gasteiger partial charge is 0.462 e. The Balaban J connectivity index is 2.88. The summed E-state index contributed by atoms with van der Waals surface area (Å²) in [5, 5.41) is 8.74. The Bertz CT molecular complexity index is 431. The lowest BCUT2D eigenvalue weighted by atomic mass is 10.2. The lowest BCUT2D eigenvalue weighted by molar-refractivity contribution is -0.137.